The van der Waals surface area contributed by atoms with Gasteiger partial charge in [-0.3, -0.25) is 43.2 Å². The number of carbonyl (C=O) groups is 9. The molecule has 6 aliphatic rings. The number of thioether (sulfide) groups is 1. The second-order valence-electron chi connectivity index (χ2n) is 31.7. The Morgan fingerprint density at radius 2 is 0.932 bits per heavy atom. The van der Waals surface area contributed by atoms with E-state index in [-0.39, 0.29) is 176 Å². The molecule has 4 aliphatic carbocycles. The van der Waals surface area contributed by atoms with Crippen LogP contribution in [0, 0.1) is 47.3 Å². The number of alkyl halides is 8. The first-order valence-electron chi connectivity index (χ1n) is 42.9. The van der Waals surface area contributed by atoms with E-state index in [2.05, 4.69) is 31.6 Å². The van der Waals surface area contributed by atoms with Crippen molar-refractivity contribution in [3.8, 4) is 0 Å². The smallest absolute Gasteiger partial charge is 0.305 e. The van der Waals surface area contributed by atoms with E-state index < -0.39 is 71.0 Å². The highest BCUT2D eigenvalue weighted by Gasteiger charge is 2.60. The van der Waals surface area contributed by atoms with E-state index >= 15 is 8.78 Å². The van der Waals surface area contributed by atoms with E-state index in [1.165, 1.54) is 34.5 Å². The predicted molar refractivity (Wildman–Crippen MR) is 442 cm³/mol. The molecule has 118 heavy (non-hydrogen) atoms. The number of allylic oxidation sites excluding steroid dienone is 10. The van der Waals surface area contributed by atoms with Crippen LogP contribution in [0.1, 0.15) is 291 Å². The normalized spacial score (nSPS) is 24.9. The fourth-order valence-electron chi connectivity index (χ4n) is 15.9. The van der Waals surface area contributed by atoms with E-state index in [4.69, 9.17) is 14.6 Å². The van der Waals surface area contributed by atoms with Gasteiger partial charge in [-0.05, 0) is 177 Å². The van der Waals surface area contributed by atoms with Crippen molar-refractivity contribution in [2.75, 3.05) is 48.8 Å². The number of aliphatic hydroxyl groups excluding tert-OH is 3. The Labute approximate surface area is 705 Å². The number of halogens is 8. The van der Waals surface area contributed by atoms with Gasteiger partial charge in [0.2, 0.25) is 17.4 Å². The molecule has 13 atom stereocenters. The van der Waals surface area contributed by atoms with Crippen molar-refractivity contribution in [2.45, 2.75) is 348 Å². The maximum absolute atomic E-state index is 15.2. The van der Waals surface area contributed by atoms with E-state index in [1.54, 1.807) is 6.08 Å². The molecule has 4 N–H and O–H groups in total. The Bertz CT molecular complexity index is 3120. The largest absolute Gasteiger partial charge is 0.469 e. The number of hydrogen-bond acceptors (Lipinski definition) is 21. The molecular weight excluding hydrogens is 1590 g/mol. The molecule has 2 saturated heterocycles. The summed E-state index contributed by atoms with van der Waals surface area (Å²) < 4.78 is 144. The van der Waals surface area contributed by atoms with Crippen LogP contribution >= 0.6 is 24.4 Å². The molecule has 29 heteroatoms. The van der Waals surface area contributed by atoms with Gasteiger partial charge in [0.1, 0.15) is 11.6 Å². The second kappa shape index (κ2) is 58.0. The van der Waals surface area contributed by atoms with Crippen LogP contribution in [0.5, 0.6) is 0 Å². The average Bonchev–Trinajstić information content (AvgIpc) is 1.28. The number of Topliss-reactive ketones (excluding diaryl/α,β-unsaturated/α-hetero) is 4. The molecular formula is C89H140F8O19S2. The van der Waals surface area contributed by atoms with Crippen LogP contribution < -0.4 is 0 Å². The third kappa shape index (κ3) is 37.9. The van der Waals surface area contributed by atoms with Gasteiger partial charge in [-0.15, -0.1) is 11.8 Å². The number of methoxy groups -OCH3 is 4. The van der Waals surface area contributed by atoms with Gasteiger partial charge in [0.15, 0.2) is 10.7 Å². The molecule has 19 nitrogen and oxygen atoms in total. The summed E-state index contributed by atoms with van der Waals surface area (Å²) in [6, 6.07) is 0. The van der Waals surface area contributed by atoms with Crippen LogP contribution in [0.4, 0.5) is 35.1 Å². The number of esters is 4. The molecule has 0 bridgehead atoms. The first kappa shape index (κ1) is 109. The lowest BCUT2D eigenvalue weighted by atomic mass is 9.84. The zero-order chi connectivity index (χ0) is 88.6. The first-order chi connectivity index (χ1) is 56.0. The number of carbonyl (C=O) groups excluding carboxylic acids is 9. The van der Waals surface area contributed by atoms with Gasteiger partial charge < -0.3 is 48.8 Å². The number of aliphatic hydroxyl groups is 4. The molecule has 0 aromatic heterocycles. The number of unbranched alkanes of at least 4 members (excludes halogenated alkanes) is 10. The number of ketones is 5. The summed E-state index contributed by atoms with van der Waals surface area (Å²) in [7, 11) is 6.42. The van der Waals surface area contributed by atoms with E-state index in [1.807, 2.05) is 76.3 Å². The van der Waals surface area contributed by atoms with Crippen LogP contribution in [0.3, 0.4) is 0 Å². The lowest BCUT2D eigenvalue weighted by Gasteiger charge is -2.43. The van der Waals surface area contributed by atoms with E-state index in [0.717, 1.165) is 44.6 Å². The second-order valence-corrected chi connectivity index (χ2v) is 33.9. The molecule has 0 aromatic rings. The molecule has 0 aromatic carbocycles. The fourth-order valence-corrected chi connectivity index (χ4v) is 18.2. The fraction of sp³-hybridized carbons (Fsp3) is 0.787. The summed E-state index contributed by atoms with van der Waals surface area (Å²) in [5, 5.41) is 38.2. The Hall–Kier alpha value is -5.17. The standard InChI is InChI=1S/C25H42F2O6.2C21H32F2O4S.C21H30F2O4.CH4O/c1-3-4-5-10-14-24(26,27)25(32-16-17-33-25)15-13-20-19(21(28)18-22(20)29)11-8-6-7-9-12-23(30)31-2;1-3-4-12-20(22,23)21(26)13-11-16-15(17(24)14-18(16)28-21)9-7-5-6-8-10-19(25)27-2;1-3-4-13-21(22,23)19(25)12-11-16-15(17(24)14-18(16)28)9-7-5-6-8-10-20(26)27-2;1-3-4-15-21(22,23)19(25)14-12-16-11-13-18(24)17(16)9-7-5-6-8-10-20(26)27-2;1-2/h6,8,19-22,28-29H,3-5,7,9-18H2,1-2H3;5,7,15-16,18,26H,3-4,6,8-14H2,1-2H3;5,7,15-16,18,28H,3-4,6,8-14H2,1-2H3;5,7,11,13,16-17H,3-4,6,8-10,12,14-15H2,1-2H3;2H,1H3/b8-6-;3*7-5-;/t19-,20-,21?,22?;15?,16-,18-,21?;15-,16?,18-;16?,17-;/m1111./s1. The van der Waals surface area contributed by atoms with Crippen molar-refractivity contribution < 1.29 is 127 Å². The number of ether oxygens (including phenoxy) is 6. The van der Waals surface area contributed by atoms with Crippen LogP contribution in [0.15, 0.2) is 60.8 Å². The zero-order valence-corrected chi connectivity index (χ0v) is 73.1. The average molecular weight is 1730 g/mol. The summed E-state index contributed by atoms with van der Waals surface area (Å²) in [4.78, 5) is 103. The summed E-state index contributed by atoms with van der Waals surface area (Å²) in [5.41, 5.74) is 0. The van der Waals surface area contributed by atoms with Crippen molar-refractivity contribution in [1.29, 1.82) is 0 Å². The van der Waals surface area contributed by atoms with E-state index in [0.29, 0.717) is 161 Å². The van der Waals surface area contributed by atoms with Gasteiger partial charge in [0.25, 0.3) is 5.92 Å². The van der Waals surface area contributed by atoms with Crippen molar-refractivity contribution in [1.82, 2.24) is 0 Å². The zero-order valence-electron chi connectivity index (χ0n) is 71.4. The van der Waals surface area contributed by atoms with E-state index in [9.17, 15) is 84.8 Å². The molecule has 2 aliphatic heterocycles. The van der Waals surface area contributed by atoms with Gasteiger partial charge in [-0.25, -0.2) is 17.6 Å². The molecule has 0 spiro atoms. The van der Waals surface area contributed by atoms with Crippen LogP contribution in [-0.2, 0) is 71.6 Å². The number of rotatable bonds is 51. The van der Waals surface area contributed by atoms with Crippen molar-refractivity contribution >= 4 is 77.2 Å². The predicted octanol–water partition coefficient (Wildman–Crippen LogP) is 19.0. The third-order valence-corrected chi connectivity index (χ3v) is 25.5. The molecule has 2 heterocycles. The molecule has 0 radical (unpaired) electrons. The maximum Gasteiger partial charge on any atom is 0.305 e. The quantitative estimate of drug-likeness (QED) is 0.00944. The summed E-state index contributed by atoms with van der Waals surface area (Å²) >= 11 is 5.39. The monoisotopic (exact) mass is 1730 g/mol. The van der Waals surface area contributed by atoms with Gasteiger partial charge in [-0.1, -0.05) is 121 Å². The van der Waals surface area contributed by atoms with Crippen LogP contribution in [0.2, 0.25) is 0 Å². The molecule has 678 valence electrons. The lowest BCUT2D eigenvalue weighted by molar-refractivity contribution is -0.297. The number of fused-ring (bicyclic) bond motifs is 1. The van der Waals surface area contributed by atoms with Gasteiger partial charge in [0.05, 0.1) is 53.9 Å². The molecule has 5 fully saturated rings. The van der Waals surface area contributed by atoms with Crippen molar-refractivity contribution in [3.63, 3.8) is 0 Å². The summed E-state index contributed by atoms with van der Waals surface area (Å²) in [5.74, 6) is -19.1. The number of hydrogen-bond donors (Lipinski definition) is 5. The minimum Gasteiger partial charge on any atom is -0.469 e. The molecule has 6 rings (SSSR count). The van der Waals surface area contributed by atoms with Crippen LogP contribution in [0.25, 0.3) is 0 Å². The molecule has 6 unspecified atom stereocenters. The lowest BCUT2D eigenvalue weighted by Crippen LogP contribution is -2.50. The topological polar surface area (TPSA) is 290 Å². The minimum absolute atomic E-state index is 0.0123. The molecule has 0 amide bonds. The Balaban J connectivity index is 0.000000531. The summed E-state index contributed by atoms with van der Waals surface area (Å²) in [6.45, 7) is 7.79. The van der Waals surface area contributed by atoms with Crippen molar-refractivity contribution in [2.24, 2.45) is 47.3 Å². The van der Waals surface area contributed by atoms with Crippen LogP contribution in [-0.4, -0.2) is 179 Å². The Morgan fingerprint density at radius 3 is 1.41 bits per heavy atom. The Kier molecular flexibility index (Phi) is 53.6. The molecule has 3 saturated carbocycles. The van der Waals surface area contributed by atoms with Gasteiger partial charge >= 0.3 is 41.6 Å². The van der Waals surface area contributed by atoms with Gasteiger partial charge in [-0.2, -0.15) is 30.2 Å². The minimum atomic E-state index is -3.28. The van der Waals surface area contributed by atoms with Crippen molar-refractivity contribution in [3.05, 3.63) is 60.8 Å². The van der Waals surface area contributed by atoms with Gasteiger partial charge in [0, 0.05) is 119 Å². The number of thiol groups is 1. The maximum atomic E-state index is 15.2. The highest BCUT2D eigenvalue weighted by molar-refractivity contribution is 8.01. The summed E-state index contributed by atoms with van der Waals surface area (Å²) in [6.07, 6.45) is 32.7. The highest BCUT2D eigenvalue weighted by Crippen LogP contribution is 2.57. The third-order valence-electron chi connectivity index (χ3n) is 23.2. The first-order valence-corrected chi connectivity index (χ1v) is 44.3. The highest BCUT2D eigenvalue weighted by atomic mass is 32.2. The SMILES string of the molecule is CCCCC(F)(F)C(=O)CCC1C=CC(=O)[C@@H]1C/C=C\CCCC(=O)OC.CCCCC(F)(F)C(=O)CCC1[C@H](S)CC(=O)[C@@H]1C/C=C\CCCC(=O)OC.CCCCC(F)(F)C1(O)CC[C@@H]2C(C/C=C\CCCC(=O)OC)C(=O)C[C@H]2S1.CCCCCCC(F)(F)C1(CC[C@H]2C(O)CC(O)[C@@H]2C/C=C\CCCC(=O)OC)OCCO1.CO. The Morgan fingerprint density at radius 1 is 0.508 bits per heavy atom.